The molecule has 208 valence electrons. The number of amides is 2. The summed E-state index contributed by atoms with van der Waals surface area (Å²) in [4.78, 5) is 30.6. The molecule has 0 aromatic heterocycles. The largest absolute Gasteiger partial charge is 0.313 e. The number of imide groups is 1. The van der Waals surface area contributed by atoms with Gasteiger partial charge in [0.15, 0.2) is 14.3 Å². The zero-order chi connectivity index (χ0) is 29.3. The Bertz CT molecular complexity index is 1620. The Hall–Kier alpha value is -4.30. The summed E-state index contributed by atoms with van der Waals surface area (Å²) in [5.41, 5.74) is -1.47. The standard InChI is InChI=1S/C35H29NO4P2/c1-26-22-24-27(25-23-26)36-34(37)32(41(39,28-14-6-2-7-15-28)29-16-8-3-9-17-29)33(35(36)38)42(40,30-18-10-4-11-19-30)31-20-12-5-13-21-31/h2-25,32-33H,1H3. The second-order valence-corrected chi connectivity index (χ2v) is 16.2. The summed E-state index contributed by atoms with van der Waals surface area (Å²) in [6, 6.07) is 42.3. The fourth-order valence-corrected chi connectivity index (χ4v) is 13.2. The van der Waals surface area contributed by atoms with E-state index in [1.165, 1.54) is 0 Å². The maximum absolute atomic E-state index is 15.8. The topological polar surface area (TPSA) is 71.5 Å². The number of carbonyl (C=O) groups is 2. The second-order valence-electron chi connectivity index (χ2n) is 10.4. The lowest BCUT2D eigenvalue weighted by Gasteiger charge is -2.32. The van der Waals surface area contributed by atoms with Crippen LogP contribution in [0.4, 0.5) is 5.69 Å². The third-order valence-electron chi connectivity index (χ3n) is 7.88. The van der Waals surface area contributed by atoms with Gasteiger partial charge < -0.3 is 9.13 Å². The zero-order valence-corrected chi connectivity index (χ0v) is 24.8. The van der Waals surface area contributed by atoms with Gasteiger partial charge in [0.1, 0.15) is 11.3 Å². The molecule has 0 radical (unpaired) electrons. The lowest BCUT2D eigenvalue weighted by atomic mass is 10.2. The van der Waals surface area contributed by atoms with E-state index >= 15 is 9.13 Å². The van der Waals surface area contributed by atoms with E-state index in [0.29, 0.717) is 26.9 Å². The Morgan fingerprint density at radius 2 is 0.738 bits per heavy atom. The van der Waals surface area contributed by atoms with Crippen LogP contribution in [0.3, 0.4) is 0 Å². The van der Waals surface area contributed by atoms with Crippen molar-refractivity contribution in [1.29, 1.82) is 0 Å². The summed E-state index contributed by atoms with van der Waals surface area (Å²) >= 11 is 0. The molecular formula is C35H29NO4P2. The van der Waals surface area contributed by atoms with Crippen LogP contribution in [0, 0.1) is 6.92 Å². The molecule has 6 rings (SSSR count). The Morgan fingerprint density at radius 1 is 0.452 bits per heavy atom. The Kier molecular flexibility index (Phi) is 7.41. The molecule has 42 heavy (non-hydrogen) atoms. The van der Waals surface area contributed by atoms with Gasteiger partial charge in [-0.2, -0.15) is 0 Å². The molecule has 0 aliphatic carbocycles. The van der Waals surface area contributed by atoms with Gasteiger partial charge in [-0.3, -0.25) is 9.59 Å². The fraction of sp³-hybridized carbons (Fsp3) is 0.0857. The van der Waals surface area contributed by atoms with Crippen LogP contribution in [0.2, 0.25) is 0 Å². The summed E-state index contributed by atoms with van der Waals surface area (Å²) in [7, 11) is -7.82. The first-order valence-electron chi connectivity index (χ1n) is 13.7. The maximum atomic E-state index is 15.8. The normalized spacial score (nSPS) is 17.4. The van der Waals surface area contributed by atoms with Crippen molar-refractivity contribution in [1.82, 2.24) is 0 Å². The first-order chi connectivity index (χ1) is 20.4. The molecule has 7 heteroatoms. The molecule has 0 N–H and O–H groups in total. The van der Waals surface area contributed by atoms with E-state index in [1.54, 1.807) is 109 Å². The Balaban J connectivity index is 1.69. The highest BCUT2D eigenvalue weighted by Crippen LogP contribution is 2.63. The van der Waals surface area contributed by atoms with Crippen molar-refractivity contribution in [3.63, 3.8) is 0 Å². The van der Waals surface area contributed by atoms with Gasteiger partial charge in [0.2, 0.25) is 11.8 Å². The molecule has 2 amide bonds. The lowest BCUT2D eigenvalue weighted by Crippen LogP contribution is -2.41. The molecule has 1 saturated heterocycles. The minimum atomic E-state index is -3.91. The molecule has 1 heterocycles. The van der Waals surface area contributed by atoms with Crippen LogP contribution in [0.5, 0.6) is 0 Å². The van der Waals surface area contributed by atoms with E-state index in [0.717, 1.165) is 10.5 Å². The van der Waals surface area contributed by atoms with E-state index in [4.69, 9.17) is 0 Å². The average molecular weight is 590 g/mol. The van der Waals surface area contributed by atoms with Crippen molar-refractivity contribution in [2.24, 2.45) is 0 Å². The van der Waals surface area contributed by atoms with Crippen molar-refractivity contribution in [2.45, 2.75) is 18.2 Å². The number of hydrogen-bond acceptors (Lipinski definition) is 4. The van der Waals surface area contributed by atoms with Crippen molar-refractivity contribution in [2.75, 3.05) is 4.90 Å². The summed E-state index contributed by atoms with van der Waals surface area (Å²) in [5, 5.41) is 1.74. The molecule has 0 bridgehead atoms. The SMILES string of the molecule is Cc1ccc(N2C(=O)C(P(=O)(c3ccccc3)c3ccccc3)C(P(=O)(c3ccccc3)c3ccccc3)C2=O)cc1. The molecule has 1 aliphatic heterocycles. The third kappa shape index (κ3) is 4.50. The van der Waals surface area contributed by atoms with Gasteiger partial charge in [0.25, 0.3) is 0 Å². The van der Waals surface area contributed by atoms with Crippen LogP contribution in [0.1, 0.15) is 5.56 Å². The molecule has 2 unspecified atom stereocenters. The Morgan fingerprint density at radius 3 is 1.02 bits per heavy atom. The number of aryl methyl sites for hydroxylation is 1. The van der Waals surface area contributed by atoms with Gasteiger partial charge >= 0.3 is 0 Å². The highest BCUT2D eigenvalue weighted by Gasteiger charge is 2.63. The monoisotopic (exact) mass is 589 g/mol. The molecule has 1 aliphatic rings. The number of anilines is 1. The number of hydrogen-bond donors (Lipinski definition) is 0. The molecule has 5 nitrogen and oxygen atoms in total. The van der Waals surface area contributed by atoms with Gasteiger partial charge in [-0.15, -0.1) is 0 Å². The van der Waals surface area contributed by atoms with Crippen LogP contribution in [-0.4, -0.2) is 23.1 Å². The molecular weight excluding hydrogens is 560 g/mol. The smallest absolute Gasteiger partial charge is 0.246 e. The van der Waals surface area contributed by atoms with Crippen LogP contribution in [0.15, 0.2) is 146 Å². The van der Waals surface area contributed by atoms with E-state index < -0.39 is 37.4 Å². The van der Waals surface area contributed by atoms with Crippen LogP contribution in [-0.2, 0) is 18.7 Å². The minimum absolute atomic E-state index is 0.364. The average Bonchev–Trinajstić information content (AvgIpc) is 3.32. The fourth-order valence-electron chi connectivity index (χ4n) is 5.84. The molecule has 5 aromatic carbocycles. The highest BCUT2D eigenvalue weighted by molar-refractivity contribution is 7.84. The molecule has 0 spiro atoms. The number of benzene rings is 5. The highest BCUT2D eigenvalue weighted by atomic mass is 31.2. The number of nitrogens with zero attached hydrogens (tertiary/aromatic N) is 1. The summed E-state index contributed by atoms with van der Waals surface area (Å²) < 4.78 is 31.6. The number of carbonyl (C=O) groups excluding carboxylic acids is 2. The van der Waals surface area contributed by atoms with E-state index in [9.17, 15) is 9.59 Å². The molecule has 2 atom stereocenters. The predicted octanol–water partition coefficient (Wildman–Crippen LogP) is 5.63. The van der Waals surface area contributed by atoms with E-state index in [1.807, 2.05) is 43.3 Å². The van der Waals surface area contributed by atoms with Crippen LogP contribution < -0.4 is 26.1 Å². The summed E-state index contributed by atoms with van der Waals surface area (Å²) in [6.07, 6.45) is 0. The lowest BCUT2D eigenvalue weighted by molar-refractivity contribution is -0.121. The molecule has 0 saturated carbocycles. The minimum Gasteiger partial charge on any atom is -0.313 e. The summed E-state index contributed by atoms with van der Waals surface area (Å²) in [6.45, 7) is 1.92. The Labute approximate surface area is 245 Å². The van der Waals surface area contributed by atoms with Gasteiger partial charge in [-0.25, -0.2) is 4.90 Å². The van der Waals surface area contributed by atoms with E-state index in [-0.39, 0.29) is 0 Å². The van der Waals surface area contributed by atoms with E-state index in [2.05, 4.69) is 0 Å². The quantitative estimate of drug-likeness (QED) is 0.182. The first-order valence-corrected chi connectivity index (χ1v) is 17.3. The van der Waals surface area contributed by atoms with Crippen LogP contribution in [0.25, 0.3) is 0 Å². The molecule has 1 fully saturated rings. The van der Waals surface area contributed by atoms with Gasteiger partial charge in [0.05, 0.1) is 5.69 Å². The van der Waals surface area contributed by atoms with Gasteiger partial charge in [0, 0.05) is 21.2 Å². The van der Waals surface area contributed by atoms with Crippen LogP contribution >= 0.6 is 14.3 Å². The van der Waals surface area contributed by atoms with Gasteiger partial charge in [-0.05, 0) is 19.1 Å². The molecule has 5 aromatic rings. The third-order valence-corrected chi connectivity index (χ3v) is 15.0. The number of rotatable bonds is 7. The first kappa shape index (κ1) is 27.8. The summed E-state index contributed by atoms with van der Waals surface area (Å²) in [5.74, 6) is -1.23. The second kappa shape index (κ2) is 11.2. The zero-order valence-electron chi connectivity index (χ0n) is 23.0. The van der Waals surface area contributed by atoms with Crippen molar-refractivity contribution in [3.8, 4) is 0 Å². The van der Waals surface area contributed by atoms with Crippen molar-refractivity contribution >= 4 is 53.0 Å². The maximum Gasteiger partial charge on any atom is 0.246 e. The van der Waals surface area contributed by atoms with Crippen molar-refractivity contribution < 1.29 is 18.7 Å². The van der Waals surface area contributed by atoms with Crippen molar-refractivity contribution in [3.05, 3.63) is 151 Å². The predicted molar refractivity (Wildman–Crippen MR) is 171 cm³/mol. The van der Waals surface area contributed by atoms with Gasteiger partial charge in [-0.1, -0.05) is 139 Å².